The molecular weight excluding hydrogens is 512 g/mol. The molecule has 0 spiro atoms. The largest absolute Gasteiger partial charge is 0.384 e. The number of hydrogen-bond donors (Lipinski definition) is 1. The number of ketones is 1. The van der Waals surface area contributed by atoms with Crippen LogP contribution in [0.5, 0.6) is 0 Å². The molecule has 0 aromatic heterocycles. The van der Waals surface area contributed by atoms with Gasteiger partial charge in [0.1, 0.15) is 6.10 Å². The van der Waals surface area contributed by atoms with Crippen LogP contribution >= 0.6 is 0 Å². The van der Waals surface area contributed by atoms with Gasteiger partial charge >= 0.3 is 0 Å². The molecule has 0 aliphatic heterocycles. The Morgan fingerprint density at radius 2 is 0.881 bits per heavy atom. The van der Waals surface area contributed by atoms with Gasteiger partial charge in [-0.25, -0.2) is 0 Å². The maximum absolute atomic E-state index is 13.7. The van der Waals surface area contributed by atoms with Crippen molar-refractivity contribution in [1.82, 2.24) is 0 Å². The van der Waals surface area contributed by atoms with Crippen LogP contribution in [0.25, 0.3) is 66.1 Å². The monoisotopic (exact) mass is 536 g/mol. The van der Waals surface area contributed by atoms with Gasteiger partial charge < -0.3 is 5.11 Å². The fourth-order valence-corrected chi connectivity index (χ4v) is 7.24. The molecule has 2 aliphatic carbocycles. The van der Waals surface area contributed by atoms with E-state index in [-0.39, 0.29) is 5.78 Å². The quantitative estimate of drug-likeness (QED) is 0.223. The third-order valence-electron chi connectivity index (χ3n) is 9.10. The number of benzene rings is 7. The molecule has 7 aromatic rings. The molecule has 2 heteroatoms. The molecule has 0 bridgehead atoms. The summed E-state index contributed by atoms with van der Waals surface area (Å²) in [6, 6.07) is 45.8. The number of aliphatic hydroxyl groups is 1. The van der Waals surface area contributed by atoms with Crippen LogP contribution < -0.4 is 0 Å². The molecule has 2 aliphatic rings. The summed E-state index contributed by atoms with van der Waals surface area (Å²) in [5.41, 5.74) is 11.9. The molecule has 0 fully saturated rings. The molecule has 0 saturated carbocycles. The predicted molar refractivity (Wildman–Crippen MR) is 171 cm³/mol. The number of aliphatic hydroxyl groups excluding tert-OH is 1. The van der Waals surface area contributed by atoms with Crippen molar-refractivity contribution in [3.05, 3.63) is 156 Å². The predicted octanol–water partition coefficient (Wildman–Crippen LogP) is 9.60. The Bertz CT molecular complexity index is 2260. The molecule has 0 heterocycles. The van der Waals surface area contributed by atoms with Crippen LogP contribution in [0.3, 0.4) is 0 Å². The summed E-state index contributed by atoms with van der Waals surface area (Å²) < 4.78 is 0. The Labute approximate surface area is 243 Å². The molecule has 1 atom stereocenters. The van der Waals surface area contributed by atoms with E-state index >= 15 is 0 Å². The highest BCUT2D eigenvalue weighted by atomic mass is 16.3. The second kappa shape index (κ2) is 8.59. The third kappa shape index (κ3) is 3.10. The average molecular weight is 537 g/mol. The van der Waals surface area contributed by atoms with Gasteiger partial charge in [0.15, 0.2) is 5.78 Å². The summed E-state index contributed by atoms with van der Waals surface area (Å²) in [5.74, 6) is 0.0777. The minimum Gasteiger partial charge on any atom is -0.384 e. The van der Waals surface area contributed by atoms with Crippen LogP contribution in [0, 0.1) is 0 Å². The first-order chi connectivity index (χ1) is 20.7. The van der Waals surface area contributed by atoms with Gasteiger partial charge in [0.2, 0.25) is 0 Å². The van der Waals surface area contributed by atoms with E-state index in [1.54, 1.807) is 0 Å². The highest BCUT2D eigenvalue weighted by Crippen LogP contribution is 2.52. The fourth-order valence-electron chi connectivity index (χ4n) is 7.24. The van der Waals surface area contributed by atoms with Gasteiger partial charge in [-0.2, -0.15) is 0 Å². The van der Waals surface area contributed by atoms with Crippen molar-refractivity contribution in [2.45, 2.75) is 6.10 Å². The van der Waals surface area contributed by atoms with Crippen molar-refractivity contribution in [2.75, 3.05) is 0 Å². The lowest BCUT2D eigenvalue weighted by molar-refractivity contribution is 0.104. The summed E-state index contributed by atoms with van der Waals surface area (Å²) in [5, 5.41) is 15.8. The van der Waals surface area contributed by atoms with Crippen molar-refractivity contribution in [3.8, 4) is 44.5 Å². The zero-order valence-corrected chi connectivity index (χ0v) is 22.6. The van der Waals surface area contributed by atoms with Crippen LogP contribution in [0.2, 0.25) is 0 Å². The van der Waals surface area contributed by atoms with Gasteiger partial charge in [0.25, 0.3) is 0 Å². The van der Waals surface area contributed by atoms with E-state index in [0.29, 0.717) is 0 Å². The molecule has 0 saturated heterocycles. The number of carbonyl (C=O) groups excluding carboxylic acids is 1. The van der Waals surface area contributed by atoms with Crippen molar-refractivity contribution >= 4 is 27.3 Å². The van der Waals surface area contributed by atoms with E-state index < -0.39 is 6.10 Å². The maximum Gasteiger partial charge on any atom is 0.194 e. The van der Waals surface area contributed by atoms with E-state index in [2.05, 4.69) is 78.9 Å². The zero-order valence-electron chi connectivity index (χ0n) is 22.6. The number of fused-ring (bicyclic) bond motifs is 8. The second-order valence-corrected chi connectivity index (χ2v) is 11.3. The van der Waals surface area contributed by atoms with E-state index in [9.17, 15) is 9.90 Å². The van der Waals surface area contributed by atoms with E-state index in [1.807, 2.05) is 54.6 Å². The van der Waals surface area contributed by atoms with Crippen LogP contribution in [0.4, 0.5) is 0 Å². The summed E-state index contributed by atoms with van der Waals surface area (Å²) >= 11 is 0. The lowest BCUT2D eigenvalue weighted by Gasteiger charge is -2.20. The minimum absolute atomic E-state index is 0.0777. The van der Waals surface area contributed by atoms with Gasteiger partial charge in [-0.05, 0) is 101 Å². The smallest absolute Gasteiger partial charge is 0.194 e. The van der Waals surface area contributed by atoms with Gasteiger partial charge in [0.05, 0.1) is 0 Å². The Balaban J connectivity index is 1.51. The van der Waals surface area contributed by atoms with Crippen LogP contribution in [0.1, 0.15) is 33.2 Å². The van der Waals surface area contributed by atoms with Gasteiger partial charge in [-0.15, -0.1) is 0 Å². The molecule has 1 unspecified atom stereocenters. The Morgan fingerprint density at radius 1 is 0.405 bits per heavy atom. The number of rotatable bonds is 2. The Kier molecular flexibility index (Phi) is 4.79. The summed E-state index contributed by atoms with van der Waals surface area (Å²) in [7, 11) is 0. The lowest BCUT2D eigenvalue weighted by atomic mass is 9.83. The lowest BCUT2D eigenvalue weighted by Crippen LogP contribution is -1.98. The third-order valence-corrected chi connectivity index (χ3v) is 9.10. The number of hydrogen-bond acceptors (Lipinski definition) is 2. The summed E-state index contributed by atoms with van der Waals surface area (Å²) in [4.78, 5) is 13.7. The van der Waals surface area contributed by atoms with Gasteiger partial charge in [-0.3, -0.25) is 4.79 Å². The molecule has 7 aromatic carbocycles. The maximum atomic E-state index is 13.7. The van der Waals surface area contributed by atoms with E-state index in [1.165, 1.54) is 0 Å². The van der Waals surface area contributed by atoms with Crippen LogP contribution in [-0.2, 0) is 0 Å². The van der Waals surface area contributed by atoms with Crippen molar-refractivity contribution in [3.63, 3.8) is 0 Å². The molecule has 2 nitrogen and oxygen atoms in total. The second-order valence-electron chi connectivity index (χ2n) is 11.3. The fraction of sp³-hybridized carbons (Fsp3) is 0.0250. The summed E-state index contributed by atoms with van der Waals surface area (Å²) in [6.45, 7) is 0. The highest BCUT2D eigenvalue weighted by Gasteiger charge is 2.31. The van der Waals surface area contributed by atoms with Crippen LogP contribution in [-0.4, -0.2) is 10.9 Å². The SMILES string of the molecule is O=C1c2ccccc2-c2cc3c(-c4ccccc4)c4cc5c(cc4c(-c4ccccc4)c3cc21)-c1ccccc1C5O. The first kappa shape index (κ1) is 23.4. The standard InChI is InChI=1S/C40H24O2/c41-39-28-18-10-8-16-26(28)30-20-32-33(21-35(30)39)37(23-11-3-1-4-12-23)31-19-29-25-15-7-9-17-27(25)40(42)36(29)22-34(31)38(32)24-13-5-2-6-14-24/h1-22,39,41H. The molecule has 42 heavy (non-hydrogen) atoms. The van der Waals surface area contributed by atoms with Crippen molar-refractivity contribution < 1.29 is 9.90 Å². The molecule has 1 N–H and O–H groups in total. The zero-order chi connectivity index (χ0) is 27.9. The molecule has 196 valence electrons. The molecule has 0 amide bonds. The minimum atomic E-state index is -0.676. The normalized spacial score (nSPS) is 14.6. The van der Waals surface area contributed by atoms with E-state index in [0.717, 1.165) is 88.3 Å². The average Bonchev–Trinajstić information content (AvgIpc) is 3.48. The Morgan fingerprint density at radius 3 is 1.52 bits per heavy atom. The highest BCUT2D eigenvalue weighted by molar-refractivity contribution is 6.28. The van der Waals surface area contributed by atoms with Crippen molar-refractivity contribution in [1.29, 1.82) is 0 Å². The molecule has 0 radical (unpaired) electrons. The van der Waals surface area contributed by atoms with Gasteiger partial charge in [0, 0.05) is 11.1 Å². The Hall–Kier alpha value is -5.31. The first-order valence-electron chi connectivity index (χ1n) is 14.3. The number of carbonyl (C=O) groups is 1. The van der Waals surface area contributed by atoms with Crippen LogP contribution in [0.15, 0.2) is 133 Å². The molecular formula is C40H24O2. The van der Waals surface area contributed by atoms with E-state index in [4.69, 9.17) is 0 Å². The first-order valence-corrected chi connectivity index (χ1v) is 14.3. The van der Waals surface area contributed by atoms with Gasteiger partial charge in [-0.1, -0.05) is 109 Å². The van der Waals surface area contributed by atoms with Crippen molar-refractivity contribution in [2.24, 2.45) is 0 Å². The topological polar surface area (TPSA) is 37.3 Å². The molecule has 9 rings (SSSR count). The summed E-state index contributed by atoms with van der Waals surface area (Å²) in [6.07, 6.45) is -0.676.